The lowest BCUT2D eigenvalue weighted by Crippen LogP contribution is -2.37. The molecule has 1 aliphatic heterocycles. The maximum Gasteiger partial charge on any atom is 0.124 e. The molecule has 0 aliphatic carbocycles. The molecule has 1 atom stereocenters. The Kier molecular flexibility index (Phi) is 11.5. The van der Waals surface area contributed by atoms with Gasteiger partial charge in [0.15, 0.2) is 0 Å². The molecule has 1 N–H and O–H groups in total. The second-order valence-corrected chi connectivity index (χ2v) is 8.00. The molecule has 0 spiro atoms. The summed E-state index contributed by atoms with van der Waals surface area (Å²) in [5.41, 5.74) is 3.67. The highest BCUT2D eigenvalue weighted by molar-refractivity contribution is 9.10. The Morgan fingerprint density at radius 2 is 1.89 bits per heavy atom. The average molecular weight is 490 g/mol. The number of aryl methyl sites for hydroxylation is 1. The van der Waals surface area contributed by atoms with Crippen LogP contribution in [0.25, 0.3) is 0 Å². The van der Waals surface area contributed by atoms with Gasteiger partial charge in [0.1, 0.15) is 12.4 Å². The number of rotatable bonds is 8. The number of nitrogens with zero attached hydrogens (tertiary/aromatic N) is 1. The quantitative estimate of drug-likeness (QED) is 0.510. The first-order chi connectivity index (χ1) is 12.7. The standard InChI is InChI=1S/C22H29BrN2O.2ClH/c1-3-25-12-4-5-21(25)15-24-14-19-13-20(23)10-11-22(19)26-16-18-8-6-17(2)7-9-18;;/h6-11,13,21,24H,3-5,12,14-16H2,1-2H3;2*1H. The maximum atomic E-state index is 6.11. The van der Waals surface area contributed by atoms with Crippen molar-refractivity contribution in [1.29, 1.82) is 0 Å². The van der Waals surface area contributed by atoms with Crippen LogP contribution in [-0.2, 0) is 13.2 Å². The van der Waals surface area contributed by atoms with E-state index in [1.165, 1.54) is 36.1 Å². The molecule has 2 aromatic carbocycles. The summed E-state index contributed by atoms with van der Waals surface area (Å²) < 4.78 is 7.20. The zero-order chi connectivity index (χ0) is 18.4. The number of ether oxygens (including phenoxy) is 1. The van der Waals surface area contributed by atoms with E-state index in [4.69, 9.17) is 4.74 Å². The van der Waals surface area contributed by atoms with Gasteiger partial charge in [-0.15, -0.1) is 24.8 Å². The van der Waals surface area contributed by atoms with E-state index in [1.54, 1.807) is 0 Å². The first kappa shape index (κ1) is 25.3. The van der Waals surface area contributed by atoms with Crippen LogP contribution in [0.3, 0.4) is 0 Å². The Labute approximate surface area is 190 Å². The number of hydrogen-bond acceptors (Lipinski definition) is 3. The fourth-order valence-corrected chi connectivity index (χ4v) is 4.00. The number of nitrogens with one attached hydrogen (secondary N) is 1. The van der Waals surface area contributed by atoms with Crippen LogP contribution in [0.4, 0.5) is 0 Å². The van der Waals surface area contributed by atoms with E-state index < -0.39 is 0 Å². The van der Waals surface area contributed by atoms with Gasteiger partial charge in [-0.25, -0.2) is 0 Å². The van der Waals surface area contributed by atoms with Gasteiger partial charge >= 0.3 is 0 Å². The van der Waals surface area contributed by atoms with Gasteiger partial charge in [0.25, 0.3) is 0 Å². The fraction of sp³-hybridized carbons (Fsp3) is 0.455. The maximum absolute atomic E-state index is 6.11. The lowest BCUT2D eigenvalue weighted by molar-refractivity contribution is 0.259. The molecule has 0 radical (unpaired) electrons. The average Bonchev–Trinajstić information content (AvgIpc) is 3.10. The van der Waals surface area contributed by atoms with Crippen molar-refractivity contribution < 1.29 is 4.74 Å². The third-order valence-electron chi connectivity index (χ3n) is 5.14. The topological polar surface area (TPSA) is 24.5 Å². The van der Waals surface area contributed by atoms with Crippen LogP contribution in [0.1, 0.15) is 36.5 Å². The van der Waals surface area contributed by atoms with Gasteiger partial charge in [-0.2, -0.15) is 0 Å². The number of likely N-dealkylation sites (tertiary alicyclic amines) is 1. The number of likely N-dealkylation sites (N-methyl/N-ethyl adjacent to an activating group) is 1. The summed E-state index contributed by atoms with van der Waals surface area (Å²) in [6, 6.07) is 15.4. The molecule has 3 rings (SSSR count). The van der Waals surface area contributed by atoms with Gasteiger partial charge in [-0.05, 0) is 56.6 Å². The summed E-state index contributed by atoms with van der Waals surface area (Å²) in [4.78, 5) is 2.57. The molecule has 0 aromatic heterocycles. The van der Waals surface area contributed by atoms with E-state index in [0.717, 1.165) is 29.9 Å². The molecule has 156 valence electrons. The lowest BCUT2D eigenvalue weighted by Gasteiger charge is -2.23. The van der Waals surface area contributed by atoms with Crippen LogP contribution >= 0.6 is 40.7 Å². The van der Waals surface area contributed by atoms with E-state index in [0.29, 0.717) is 12.6 Å². The first-order valence-electron chi connectivity index (χ1n) is 9.57. The van der Waals surface area contributed by atoms with Crippen molar-refractivity contribution in [3.05, 3.63) is 63.6 Å². The monoisotopic (exact) mass is 488 g/mol. The molecule has 6 heteroatoms. The van der Waals surface area contributed by atoms with E-state index in [-0.39, 0.29) is 24.8 Å². The predicted molar refractivity (Wildman–Crippen MR) is 126 cm³/mol. The van der Waals surface area contributed by atoms with E-state index in [9.17, 15) is 0 Å². The largest absolute Gasteiger partial charge is 0.489 e. The van der Waals surface area contributed by atoms with Gasteiger partial charge in [0.2, 0.25) is 0 Å². The van der Waals surface area contributed by atoms with Crippen molar-refractivity contribution in [3.8, 4) is 5.75 Å². The molecule has 1 unspecified atom stereocenters. The van der Waals surface area contributed by atoms with Gasteiger partial charge in [0.05, 0.1) is 0 Å². The van der Waals surface area contributed by atoms with E-state index >= 15 is 0 Å². The van der Waals surface area contributed by atoms with E-state index in [1.807, 2.05) is 6.07 Å². The third-order valence-corrected chi connectivity index (χ3v) is 5.63. The molecule has 0 bridgehead atoms. The zero-order valence-corrected chi connectivity index (χ0v) is 19.8. The second kappa shape index (κ2) is 12.7. The molecular weight excluding hydrogens is 459 g/mol. The third kappa shape index (κ3) is 7.23. The molecule has 2 aromatic rings. The summed E-state index contributed by atoms with van der Waals surface area (Å²) in [7, 11) is 0. The smallest absolute Gasteiger partial charge is 0.124 e. The van der Waals surface area contributed by atoms with Crippen LogP contribution in [-0.4, -0.2) is 30.6 Å². The van der Waals surface area contributed by atoms with Crippen molar-refractivity contribution in [3.63, 3.8) is 0 Å². The summed E-state index contributed by atoms with van der Waals surface area (Å²) >= 11 is 3.59. The SMILES string of the molecule is CCN1CCCC1CNCc1cc(Br)ccc1OCc1ccc(C)cc1.Cl.Cl. The van der Waals surface area contributed by atoms with Crippen LogP contribution in [0.5, 0.6) is 5.75 Å². The molecule has 1 saturated heterocycles. The Bertz CT molecular complexity index is 712. The fourth-order valence-electron chi connectivity index (χ4n) is 3.59. The van der Waals surface area contributed by atoms with Crippen molar-refractivity contribution in [2.45, 2.75) is 45.9 Å². The first-order valence-corrected chi connectivity index (χ1v) is 10.4. The molecule has 28 heavy (non-hydrogen) atoms. The summed E-state index contributed by atoms with van der Waals surface area (Å²) in [5.74, 6) is 0.958. The van der Waals surface area contributed by atoms with Gasteiger partial charge in [-0.1, -0.05) is 52.7 Å². The number of hydrogen-bond donors (Lipinski definition) is 1. The Morgan fingerprint density at radius 1 is 1.14 bits per heavy atom. The Balaban J connectivity index is 0.00000196. The van der Waals surface area contributed by atoms with Crippen molar-refractivity contribution in [2.24, 2.45) is 0 Å². The highest BCUT2D eigenvalue weighted by atomic mass is 79.9. The minimum Gasteiger partial charge on any atom is -0.489 e. The normalized spacial score (nSPS) is 16.3. The molecule has 1 heterocycles. The summed E-state index contributed by atoms with van der Waals surface area (Å²) in [6.07, 6.45) is 2.62. The van der Waals surface area contributed by atoms with Gasteiger partial charge in [-0.3, -0.25) is 4.90 Å². The highest BCUT2D eigenvalue weighted by Crippen LogP contribution is 2.24. The zero-order valence-electron chi connectivity index (χ0n) is 16.6. The molecular formula is C22H31BrCl2N2O. The van der Waals surface area contributed by atoms with E-state index in [2.05, 4.69) is 76.4 Å². The predicted octanol–water partition coefficient (Wildman–Crippen LogP) is 5.75. The summed E-state index contributed by atoms with van der Waals surface area (Å²) in [6.45, 7) is 9.21. The van der Waals surface area contributed by atoms with Gasteiger partial charge < -0.3 is 10.1 Å². The van der Waals surface area contributed by atoms with Crippen LogP contribution in [0, 0.1) is 6.92 Å². The minimum absolute atomic E-state index is 0. The van der Waals surface area contributed by atoms with Crippen LogP contribution < -0.4 is 10.1 Å². The Morgan fingerprint density at radius 3 is 2.61 bits per heavy atom. The van der Waals surface area contributed by atoms with Crippen molar-refractivity contribution >= 4 is 40.7 Å². The number of halogens is 3. The molecule has 1 fully saturated rings. The van der Waals surface area contributed by atoms with Crippen molar-refractivity contribution in [1.82, 2.24) is 10.2 Å². The summed E-state index contributed by atoms with van der Waals surface area (Å²) in [5, 5.41) is 3.64. The van der Waals surface area contributed by atoms with Crippen molar-refractivity contribution in [2.75, 3.05) is 19.6 Å². The second-order valence-electron chi connectivity index (χ2n) is 7.08. The molecule has 1 aliphatic rings. The molecule has 3 nitrogen and oxygen atoms in total. The number of benzene rings is 2. The molecule has 0 saturated carbocycles. The lowest BCUT2D eigenvalue weighted by atomic mass is 10.1. The molecule has 0 amide bonds. The van der Waals surface area contributed by atoms with Crippen LogP contribution in [0.2, 0.25) is 0 Å². The highest BCUT2D eigenvalue weighted by Gasteiger charge is 2.22. The van der Waals surface area contributed by atoms with Crippen LogP contribution in [0.15, 0.2) is 46.9 Å². The Hall–Kier alpha value is -0.780. The van der Waals surface area contributed by atoms with Gasteiger partial charge in [0, 0.05) is 29.2 Å². The minimum atomic E-state index is 0.